The second-order valence-electron chi connectivity index (χ2n) is 29.1. The third-order valence-corrected chi connectivity index (χ3v) is 23.8. The first-order valence-corrected chi connectivity index (χ1v) is 38.9. The number of carbonyl (C=O) groups is 11. The normalized spacial score (nSPS) is 34.6. The van der Waals surface area contributed by atoms with Crippen LogP contribution in [-0.4, -0.2) is 223 Å². The average molecular weight is 1460 g/mol. The number of carboxylic acid groups (broad SMARTS) is 1. The highest BCUT2D eigenvalue weighted by molar-refractivity contribution is 7.98. The van der Waals surface area contributed by atoms with Crippen molar-refractivity contribution < 1.29 is 71.7 Å². The van der Waals surface area contributed by atoms with E-state index in [-0.39, 0.29) is 106 Å². The Morgan fingerprint density at radius 2 is 1.19 bits per heavy atom. The Hall–Kier alpha value is -6.29. The summed E-state index contributed by atoms with van der Waals surface area (Å²) in [7, 11) is 0. The molecule has 8 aliphatic rings. The maximum absolute atomic E-state index is 15.3. The predicted molar refractivity (Wildman–Crippen MR) is 375 cm³/mol. The van der Waals surface area contributed by atoms with Gasteiger partial charge in [-0.2, -0.15) is 23.5 Å². The molecule has 562 valence electrons. The van der Waals surface area contributed by atoms with Crippen molar-refractivity contribution >= 4 is 88.6 Å². The second-order valence-corrected chi connectivity index (χ2v) is 31.2. The molecule has 0 aromatic heterocycles. The molecule has 10 amide bonds. The maximum Gasteiger partial charge on any atom is 0.303 e. The minimum atomic E-state index is -1.67. The number of nitrogens with one attached hydrogen (secondary N) is 12. The summed E-state index contributed by atoms with van der Waals surface area (Å²) in [5.74, 6) is -8.65. The molecule has 28 nitrogen and oxygen atoms in total. The van der Waals surface area contributed by atoms with Crippen LogP contribution in [0.25, 0.3) is 0 Å². The van der Waals surface area contributed by atoms with Crippen molar-refractivity contribution in [2.24, 2.45) is 41.1 Å². The number of halogens is 2. The molecule has 7 fully saturated rings. The third kappa shape index (κ3) is 23.6. The lowest BCUT2D eigenvalue weighted by Crippen LogP contribution is -2.61. The number of alkyl halides is 2. The van der Waals surface area contributed by atoms with Crippen LogP contribution in [0, 0.1) is 29.6 Å². The topological polar surface area (TPSA) is 428 Å². The van der Waals surface area contributed by atoms with Gasteiger partial charge in [0.1, 0.15) is 60.7 Å². The van der Waals surface area contributed by atoms with E-state index in [1.165, 1.54) is 28.4 Å². The molecule has 3 aliphatic carbocycles. The van der Waals surface area contributed by atoms with Gasteiger partial charge in [0.25, 0.3) is 0 Å². The number of fused-ring (bicyclic) bond motifs is 5. The number of aliphatic carboxylic acids is 1. The van der Waals surface area contributed by atoms with Crippen LogP contribution in [0.3, 0.4) is 0 Å². The number of unbranched alkanes of at least 4 members (excludes halogenated alkanes) is 1. The van der Waals surface area contributed by atoms with Gasteiger partial charge in [-0.1, -0.05) is 24.3 Å². The van der Waals surface area contributed by atoms with Crippen LogP contribution >= 0.6 is 23.5 Å². The van der Waals surface area contributed by atoms with Gasteiger partial charge < -0.3 is 90.4 Å². The van der Waals surface area contributed by atoms with E-state index in [0.717, 1.165) is 11.1 Å². The fraction of sp³-hybridized carbons (Fsp3) is 0.754. The smallest absolute Gasteiger partial charge is 0.303 e. The van der Waals surface area contributed by atoms with Crippen molar-refractivity contribution in [2.45, 2.75) is 238 Å². The first-order valence-electron chi connectivity index (χ1n) is 36.6. The van der Waals surface area contributed by atoms with Crippen molar-refractivity contribution in [3.05, 3.63) is 35.4 Å². The quantitative estimate of drug-likeness (QED) is 0.0938. The van der Waals surface area contributed by atoms with Gasteiger partial charge in [-0.3, -0.25) is 52.7 Å². The summed E-state index contributed by atoms with van der Waals surface area (Å²) < 4.78 is 30.5. The van der Waals surface area contributed by atoms with Crippen LogP contribution in [-0.2, 0) is 64.2 Å². The number of hydrogen-bond acceptors (Lipinski definition) is 19. The number of carboxylic acids is 1. The largest absolute Gasteiger partial charge is 0.481 e. The molecule has 101 heavy (non-hydrogen) atoms. The molecule has 2 bridgehead atoms. The SMILES string of the molecule is NCCCC[C@@H]1NC(=O)CCSCc2cccc(c2)CSC[C@@H](C(N)=O)NC(=O)[C@@H]2CCCN2C(=O)[C@H](CC2CCC(O)CC2)NC(=O)[C@H](CC2CNCN2)NC(=O)[C@H](CCC(=O)O)NC(=O)[C@H](CC2CNC3CCC(F)CC23)NC(=O)[C@H](CC2CNC3CCC(F)CC23)NC(=O)CNC1=O. The zero-order valence-electron chi connectivity index (χ0n) is 57.7. The maximum atomic E-state index is 15.3. The van der Waals surface area contributed by atoms with E-state index in [9.17, 15) is 39.0 Å². The highest BCUT2D eigenvalue weighted by Crippen LogP contribution is 2.40. The van der Waals surface area contributed by atoms with Crippen LogP contribution in [0.4, 0.5) is 8.78 Å². The third-order valence-electron chi connectivity index (χ3n) is 21.7. The van der Waals surface area contributed by atoms with Gasteiger partial charge in [0.15, 0.2) is 0 Å². The minimum Gasteiger partial charge on any atom is -0.481 e. The Bertz CT molecular complexity index is 3030. The Labute approximate surface area is 597 Å². The molecule has 5 aliphatic heterocycles. The van der Waals surface area contributed by atoms with Gasteiger partial charge in [-0.25, -0.2) is 8.78 Å². The van der Waals surface area contributed by atoms with Gasteiger partial charge in [-0.05, 0) is 189 Å². The van der Waals surface area contributed by atoms with E-state index in [4.69, 9.17) is 11.5 Å². The number of nitrogens with two attached hydrogens (primary N) is 2. The monoisotopic (exact) mass is 1460 g/mol. The van der Waals surface area contributed by atoms with E-state index in [1.807, 2.05) is 24.3 Å². The highest BCUT2D eigenvalue weighted by Gasteiger charge is 2.47. The molecule has 1 aromatic carbocycles. The molecular weight excluding hydrogens is 1350 g/mol. The van der Waals surface area contributed by atoms with Gasteiger partial charge in [0, 0.05) is 73.7 Å². The van der Waals surface area contributed by atoms with Gasteiger partial charge in [-0.15, -0.1) is 0 Å². The number of hydrogen-bond donors (Lipinski definition) is 16. The Balaban J connectivity index is 1.02. The van der Waals surface area contributed by atoms with Crippen molar-refractivity contribution in [1.82, 2.24) is 68.7 Å². The summed E-state index contributed by atoms with van der Waals surface area (Å²) in [6.07, 6.45) is 1.99. The van der Waals surface area contributed by atoms with Gasteiger partial charge in [0.05, 0.1) is 12.6 Å². The number of rotatable bonds is 16. The molecule has 18 N–H and O–H groups in total. The van der Waals surface area contributed by atoms with Crippen LogP contribution in [0.2, 0.25) is 0 Å². The number of aliphatic hydroxyl groups is 1. The standard InChI is InChI=1S/C69H107F2N15O13S2/c70-43-11-15-49-47(27-43)41(30-75-49)25-53-65(95)82-54(26-42-31-76-50-16-12-44(71)28-48(42)50)66(96)81-52(17-18-61(90)91)64(94)83-55(29-45-32-74-37-78-45)67(97)84-56(24-38-9-13-46(87)14-10-38)69(99)86-21-4-8-58(86)68(98)85-57(62(73)92)36-101-35-40-6-3-5-39(23-40)34-100-22-19-59(88)79-51(7-1-2-20-72)63(93)77-33-60(89)80-53/h3,5-6,23,38,41-58,74-76,78,87H,1-2,4,7-22,24-37,72H2,(H2,73,92)(H,77,93)(H,79,88)(H,80,89)(H,81,96)(H,82,95)(H,83,94)(H,84,97)(H,85,98)(H,90,91)/t38?,41?,42?,43?,44?,45?,46?,47?,48?,49?,50?,51-,52-,53-,54-,55-,56-,57-,58-/m0/s1. The molecule has 0 spiro atoms. The molecule has 17 atom stereocenters. The highest BCUT2D eigenvalue weighted by atomic mass is 32.2. The number of nitrogens with zero attached hydrogens (tertiary/aromatic N) is 1. The molecule has 4 saturated heterocycles. The lowest BCUT2D eigenvalue weighted by molar-refractivity contribution is -0.143. The number of primary amides is 1. The molecule has 9 unspecified atom stereocenters. The average Bonchev–Trinajstić information content (AvgIpc) is 1.73. The van der Waals surface area contributed by atoms with Gasteiger partial charge >= 0.3 is 5.97 Å². The molecule has 32 heteroatoms. The van der Waals surface area contributed by atoms with E-state index in [1.54, 1.807) is 0 Å². The molecule has 9 rings (SSSR count). The lowest BCUT2D eigenvalue weighted by atomic mass is 9.76. The summed E-state index contributed by atoms with van der Waals surface area (Å²) in [5.41, 5.74) is 13.6. The Morgan fingerprint density at radius 3 is 1.80 bits per heavy atom. The number of thioether (sulfide) groups is 2. The number of aliphatic hydroxyl groups excluding tert-OH is 1. The minimum absolute atomic E-state index is 0.0275. The van der Waals surface area contributed by atoms with E-state index in [0.29, 0.717) is 121 Å². The number of benzene rings is 1. The van der Waals surface area contributed by atoms with Crippen LogP contribution in [0.15, 0.2) is 24.3 Å². The van der Waals surface area contributed by atoms with Crippen molar-refractivity contribution in [1.29, 1.82) is 0 Å². The predicted octanol–water partition coefficient (Wildman–Crippen LogP) is -0.381. The second kappa shape index (κ2) is 39.0. The molecule has 5 heterocycles. The van der Waals surface area contributed by atoms with Crippen molar-refractivity contribution in [3.63, 3.8) is 0 Å². The van der Waals surface area contributed by atoms with E-state index in [2.05, 4.69) is 63.8 Å². The number of amides is 10. The van der Waals surface area contributed by atoms with E-state index >= 15 is 32.8 Å². The van der Waals surface area contributed by atoms with Crippen LogP contribution in [0.1, 0.15) is 152 Å². The summed E-state index contributed by atoms with van der Waals surface area (Å²) in [6.45, 7) is 1.25. The van der Waals surface area contributed by atoms with Crippen LogP contribution < -0.4 is 75.3 Å². The van der Waals surface area contributed by atoms with E-state index < -0.39 is 163 Å². The first-order chi connectivity index (χ1) is 48.6. The molecule has 1 aromatic rings. The summed E-state index contributed by atoms with van der Waals surface area (Å²) >= 11 is 2.87. The first kappa shape index (κ1) is 78.8. The van der Waals surface area contributed by atoms with Crippen molar-refractivity contribution in [2.75, 3.05) is 57.4 Å². The van der Waals surface area contributed by atoms with Gasteiger partial charge in [0.2, 0.25) is 59.1 Å². The lowest BCUT2D eigenvalue weighted by Gasteiger charge is -2.34. The fourth-order valence-corrected chi connectivity index (χ4v) is 18.0. The Morgan fingerprint density at radius 1 is 0.604 bits per heavy atom. The fourth-order valence-electron chi connectivity index (χ4n) is 16.1. The van der Waals surface area contributed by atoms with Crippen LogP contribution in [0.5, 0.6) is 0 Å². The zero-order valence-corrected chi connectivity index (χ0v) is 59.3. The number of carbonyl (C=O) groups excluding carboxylic acids is 10. The summed E-state index contributed by atoms with van der Waals surface area (Å²) in [5, 5.41) is 56.2. The summed E-state index contributed by atoms with van der Waals surface area (Å²) in [6, 6.07) is -3.32. The molecule has 0 radical (unpaired) electrons. The Kier molecular flexibility index (Phi) is 30.4. The molecular formula is C69H107F2N15O13S2. The zero-order chi connectivity index (χ0) is 72.1. The van der Waals surface area contributed by atoms with Crippen molar-refractivity contribution in [3.8, 4) is 0 Å². The molecule has 3 saturated carbocycles. The summed E-state index contributed by atoms with van der Waals surface area (Å²) in [4.78, 5) is 159.